The lowest BCUT2D eigenvalue weighted by Crippen LogP contribution is -2.51. The zero-order valence-corrected chi connectivity index (χ0v) is 18.7. The summed E-state index contributed by atoms with van der Waals surface area (Å²) >= 11 is 0. The van der Waals surface area contributed by atoms with Gasteiger partial charge in [-0.2, -0.15) is 4.31 Å². The van der Waals surface area contributed by atoms with Gasteiger partial charge in [-0.15, -0.1) is 0 Å². The molecule has 0 aliphatic carbocycles. The summed E-state index contributed by atoms with van der Waals surface area (Å²) < 4.78 is 28.2. The van der Waals surface area contributed by atoms with Crippen LogP contribution in [0.1, 0.15) is 19.3 Å². The van der Waals surface area contributed by atoms with E-state index in [4.69, 9.17) is 4.84 Å². The molecular weight excluding hydrogens is 430 g/mol. The first-order valence-electron chi connectivity index (χ1n) is 10.6. The number of aliphatic hydroxyl groups is 1. The number of benzene rings is 2. The van der Waals surface area contributed by atoms with Crippen molar-refractivity contribution in [3.8, 4) is 11.1 Å². The molecule has 170 valence electrons. The molecule has 0 saturated carbocycles. The molecule has 2 heterocycles. The van der Waals surface area contributed by atoms with Crippen molar-refractivity contribution >= 4 is 21.6 Å². The second-order valence-corrected chi connectivity index (χ2v) is 9.97. The van der Waals surface area contributed by atoms with Crippen LogP contribution in [-0.4, -0.2) is 73.2 Å². The van der Waals surface area contributed by atoms with Crippen molar-refractivity contribution in [3.63, 3.8) is 0 Å². The molecule has 2 saturated heterocycles. The zero-order valence-electron chi connectivity index (χ0n) is 17.9. The Morgan fingerprint density at radius 2 is 1.78 bits per heavy atom. The lowest BCUT2D eigenvalue weighted by atomic mass is 10.1. The number of hydrogen-bond donors (Lipinski definition) is 1. The van der Waals surface area contributed by atoms with Gasteiger partial charge in [0.1, 0.15) is 13.2 Å². The van der Waals surface area contributed by atoms with Gasteiger partial charge in [0.15, 0.2) is 0 Å². The van der Waals surface area contributed by atoms with E-state index in [0.29, 0.717) is 25.1 Å². The third-order valence-electron chi connectivity index (χ3n) is 5.90. The Balaban J connectivity index is 1.62. The van der Waals surface area contributed by atoms with Crippen LogP contribution in [0.15, 0.2) is 64.6 Å². The van der Waals surface area contributed by atoms with E-state index in [9.17, 15) is 18.3 Å². The van der Waals surface area contributed by atoms with Gasteiger partial charge >= 0.3 is 0 Å². The highest BCUT2D eigenvalue weighted by Crippen LogP contribution is 2.29. The molecule has 0 radical (unpaired) electrons. The molecule has 1 amide bonds. The van der Waals surface area contributed by atoms with E-state index in [1.54, 1.807) is 29.2 Å². The van der Waals surface area contributed by atoms with Crippen LogP contribution in [0.25, 0.3) is 11.1 Å². The van der Waals surface area contributed by atoms with Gasteiger partial charge in [0.05, 0.1) is 23.3 Å². The molecule has 4 rings (SSSR count). The summed E-state index contributed by atoms with van der Waals surface area (Å²) in [5.41, 5.74) is 2.39. The normalized spacial score (nSPS) is 23.4. The number of hydrogen-bond acceptors (Lipinski definition) is 6. The first kappa shape index (κ1) is 22.4. The molecule has 8 nitrogen and oxygen atoms in total. The Kier molecular flexibility index (Phi) is 6.59. The van der Waals surface area contributed by atoms with Gasteiger partial charge in [0, 0.05) is 19.5 Å². The fourth-order valence-electron chi connectivity index (χ4n) is 4.29. The highest BCUT2D eigenvalue weighted by molar-refractivity contribution is 7.89. The van der Waals surface area contributed by atoms with Crippen molar-refractivity contribution < 1.29 is 23.2 Å². The highest BCUT2D eigenvalue weighted by Gasteiger charge is 2.44. The van der Waals surface area contributed by atoms with E-state index >= 15 is 0 Å². The van der Waals surface area contributed by atoms with E-state index < -0.39 is 22.2 Å². The third-order valence-corrected chi connectivity index (χ3v) is 7.77. The Morgan fingerprint density at radius 3 is 2.44 bits per heavy atom. The molecule has 2 aliphatic rings. The molecule has 9 heteroatoms. The molecule has 1 unspecified atom stereocenters. The maximum atomic E-state index is 13.5. The van der Waals surface area contributed by atoms with Gasteiger partial charge in [-0.1, -0.05) is 47.6 Å². The lowest BCUT2D eigenvalue weighted by molar-refractivity contribution is -0.137. The number of amides is 1. The Hall–Kier alpha value is -2.75. The maximum absolute atomic E-state index is 13.5. The number of nitrogens with zero attached hydrogens (tertiary/aromatic N) is 3. The summed E-state index contributed by atoms with van der Waals surface area (Å²) in [5, 5.41) is 13.9. The molecular formula is C23H27N3O5S. The van der Waals surface area contributed by atoms with Gasteiger partial charge in [0.2, 0.25) is 15.9 Å². The smallest absolute Gasteiger partial charge is 0.244 e. The van der Waals surface area contributed by atoms with Crippen molar-refractivity contribution in [1.29, 1.82) is 0 Å². The van der Waals surface area contributed by atoms with Gasteiger partial charge in [0.25, 0.3) is 0 Å². The van der Waals surface area contributed by atoms with Crippen LogP contribution in [0.3, 0.4) is 0 Å². The first-order valence-corrected chi connectivity index (χ1v) is 12.1. The van der Waals surface area contributed by atoms with Gasteiger partial charge in [-0.05, 0) is 36.1 Å². The number of rotatable bonds is 5. The minimum absolute atomic E-state index is 0.0105. The van der Waals surface area contributed by atoms with Gasteiger partial charge < -0.3 is 14.8 Å². The summed E-state index contributed by atoms with van der Waals surface area (Å²) in [5.74, 6) is -0.311. The monoisotopic (exact) mass is 457 g/mol. The highest BCUT2D eigenvalue weighted by atomic mass is 32.2. The Labute approximate surface area is 188 Å². The van der Waals surface area contributed by atoms with E-state index in [2.05, 4.69) is 5.16 Å². The average molecular weight is 458 g/mol. The minimum atomic E-state index is -3.95. The van der Waals surface area contributed by atoms with Crippen LogP contribution in [0.5, 0.6) is 0 Å². The van der Waals surface area contributed by atoms with Gasteiger partial charge in [-0.3, -0.25) is 4.79 Å². The molecule has 2 fully saturated rings. The molecule has 2 aromatic carbocycles. The fourth-order valence-corrected chi connectivity index (χ4v) is 5.86. The van der Waals surface area contributed by atoms with Crippen molar-refractivity contribution in [2.75, 3.05) is 26.7 Å². The SMILES string of the molecule is CO/N=C1/C[C@@H](C(=O)N2CCCC(O)C2)N(S(=O)(=O)c2ccc(-c3ccccc3)cc2)C1. The molecule has 2 atom stereocenters. The zero-order chi connectivity index (χ0) is 22.7. The van der Waals surface area contributed by atoms with E-state index in [-0.39, 0.29) is 30.3 Å². The van der Waals surface area contributed by atoms with Crippen LogP contribution in [0.2, 0.25) is 0 Å². The predicted molar refractivity (Wildman–Crippen MR) is 120 cm³/mol. The van der Waals surface area contributed by atoms with Crippen molar-refractivity contribution in [2.45, 2.75) is 36.3 Å². The van der Waals surface area contributed by atoms with Crippen LogP contribution >= 0.6 is 0 Å². The van der Waals surface area contributed by atoms with Gasteiger partial charge in [-0.25, -0.2) is 8.42 Å². The van der Waals surface area contributed by atoms with Crippen LogP contribution in [-0.2, 0) is 19.7 Å². The average Bonchev–Trinajstić information content (AvgIpc) is 3.24. The number of piperidine rings is 1. The topological polar surface area (TPSA) is 99.5 Å². The number of oxime groups is 1. The molecule has 32 heavy (non-hydrogen) atoms. The Morgan fingerprint density at radius 1 is 1.09 bits per heavy atom. The maximum Gasteiger partial charge on any atom is 0.244 e. The molecule has 2 aliphatic heterocycles. The van der Waals surface area contributed by atoms with Crippen LogP contribution < -0.4 is 0 Å². The lowest BCUT2D eigenvalue weighted by Gasteiger charge is -2.34. The number of carbonyl (C=O) groups is 1. The number of aliphatic hydroxyl groups excluding tert-OH is 1. The van der Waals surface area contributed by atoms with Crippen molar-refractivity contribution in [1.82, 2.24) is 9.21 Å². The molecule has 2 aromatic rings. The summed E-state index contributed by atoms with van der Waals surface area (Å²) in [6, 6.07) is 15.4. The minimum Gasteiger partial charge on any atom is -0.399 e. The second kappa shape index (κ2) is 9.40. The number of likely N-dealkylation sites (tertiary alicyclic amines) is 1. The van der Waals surface area contributed by atoms with Crippen LogP contribution in [0.4, 0.5) is 0 Å². The van der Waals surface area contributed by atoms with Crippen molar-refractivity contribution in [3.05, 3.63) is 54.6 Å². The summed E-state index contributed by atoms with van der Waals surface area (Å²) in [4.78, 5) is 19.8. The molecule has 0 bridgehead atoms. The predicted octanol–water partition coefficient (Wildman–Crippen LogP) is 2.10. The van der Waals surface area contributed by atoms with E-state index in [0.717, 1.165) is 11.1 Å². The summed E-state index contributed by atoms with van der Waals surface area (Å²) in [7, 11) is -2.56. The molecule has 0 spiro atoms. The largest absolute Gasteiger partial charge is 0.399 e. The number of β-amino-alcohol motifs (C(OH)–C–C–N with tert-alkyl or cyclic N) is 1. The summed E-state index contributed by atoms with van der Waals surface area (Å²) in [6.07, 6.45) is 0.907. The van der Waals surface area contributed by atoms with Crippen molar-refractivity contribution in [2.24, 2.45) is 5.16 Å². The van der Waals surface area contributed by atoms with E-state index in [1.165, 1.54) is 11.4 Å². The summed E-state index contributed by atoms with van der Waals surface area (Å²) in [6.45, 7) is 0.706. The molecule has 0 aromatic heterocycles. The third kappa shape index (κ3) is 4.55. The number of carbonyl (C=O) groups excluding carboxylic acids is 1. The second-order valence-electron chi connectivity index (χ2n) is 8.08. The molecule has 1 N–H and O–H groups in total. The fraction of sp³-hybridized carbons (Fsp3) is 0.391. The van der Waals surface area contributed by atoms with E-state index in [1.807, 2.05) is 30.3 Å². The van der Waals surface area contributed by atoms with Crippen LogP contribution in [0, 0.1) is 0 Å². The number of sulfonamides is 1. The standard InChI is InChI=1S/C23H27N3O5S/c1-31-24-19-14-22(23(28)25-13-5-8-20(27)16-25)26(15-19)32(29,30)21-11-9-18(10-12-21)17-6-3-2-4-7-17/h2-4,6-7,9-12,20,22,27H,5,8,13-16H2,1H3/b24-19-/t20?,22-/m0/s1. The Bertz CT molecular complexity index is 1090. The first-order chi connectivity index (χ1) is 15.4. The quantitative estimate of drug-likeness (QED) is 0.694.